The van der Waals surface area contributed by atoms with Crippen LogP contribution in [0.4, 0.5) is 0 Å². The first kappa shape index (κ1) is 19.1. The summed E-state index contributed by atoms with van der Waals surface area (Å²) in [6.45, 7) is 11.4. The molecule has 0 aliphatic rings. The minimum Gasteiger partial charge on any atom is -0.516 e. The Hall–Kier alpha value is -1.94. The monoisotopic (exact) mass is 346 g/mol. The maximum Gasteiger partial charge on any atom is 0.325 e. The van der Waals surface area contributed by atoms with E-state index in [1.807, 2.05) is 51.4 Å². The highest BCUT2D eigenvalue weighted by molar-refractivity contribution is 6.71. The molecule has 0 unspecified atom stereocenters. The second kappa shape index (κ2) is 6.67. The van der Waals surface area contributed by atoms with E-state index in [0.717, 1.165) is 0 Å². The maximum atomic E-state index is 12.5. The second-order valence-electron chi connectivity index (χ2n) is 7.17. The van der Waals surface area contributed by atoms with Crippen LogP contribution in [0.5, 0.6) is 0 Å². The highest BCUT2D eigenvalue weighted by Gasteiger charge is 2.41. The zero-order valence-electron chi connectivity index (χ0n) is 14.4. The fourth-order valence-corrected chi connectivity index (χ4v) is 3.79. The molecule has 0 fully saturated rings. The molecule has 0 aromatic heterocycles. The Bertz CT molecular complexity index is 662. The summed E-state index contributed by atoms with van der Waals surface area (Å²) in [5, 5.41) is 19.2. The van der Waals surface area contributed by atoms with Gasteiger partial charge in [0.05, 0.1) is 5.56 Å². The lowest BCUT2D eigenvalue weighted by Gasteiger charge is -2.29. The van der Waals surface area contributed by atoms with Crippen LogP contribution in [0.15, 0.2) is 24.3 Å². The van der Waals surface area contributed by atoms with E-state index in [-0.39, 0.29) is 11.1 Å². The quantitative estimate of drug-likeness (QED) is 0.758. The molecule has 1 rings (SSSR count). The summed E-state index contributed by atoms with van der Waals surface area (Å²) in [5.74, 6) is -0.520. The fraction of sp³-hybridized carbons (Fsp3) is 0.438. The third-order valence-electron chi connectivity index (χ3n) is 2.70. The molecule has 5 nitrogen and oxygen atoms in total. The van der Waals surface area contributed by atoms with E-state index in [1.165, 1.54) is 0 Å². The summed E-state index contributed by atoms with van der Waals surface area (Å²) in [7, 11) is -4.31. The number of rotatable bonds is 5. The standard InChI is InChI=1S/C16H22N2O3Si2/c1-22(2,3)20-15(19)13-9-7-8-10-14(13)16(11-17,12-18)21-23(4,5)6/h7-10H,1-6H3. The third kappa shape index (κ3) is 5.03. The number of nitrogens with zero attached hydrogens (tertiary/aromatic N) is 2. The molecule has 0 bridgehead atoms. The molecule has 7 heteroatoms. The predicted molar refractivity (Wildman–Crippen MR) is 92.5 cm³/mol. The summed E-state index contributed by atoms with van der Waals surface area (Å²) in [6.07, 6.45) is 0. The van der Waals surface area contributed by atoms with Crippen LogP contribution in [0.1, 0.15) is 15.9 Å². The normalized spacial score (nSPS) is 12.2. The highest BCUT2D eigenvalue weighted by Crippen LogP contribution is 2.31. The van der Waals surface area contributed by atoms with Crippen molar-refractivity contribution in [3.8, 4) is 12.1 Å². The molecule has 23 heavy (non-hydrogen) atoms. The second-order valence-corrected chi connectivity index (χ2v) is 16.0. The van der Waals surface area contributed by atoms with E-state index >= 15 is 0 Å². The summed E-state index contributed by atoms with van der Waals surface area (Å²) in [5.41, 5.74) is -1.36. The van der Waals surface area contributed by atoms with Crippen LogP contribution < -0.4 is 0 Å². The number of carbonyl (C=O) groups is 1. The van der Waals surface area contributed by atoms with Crippen molar-refractivity contribution in [1.82, 2.24) is 0 Å². The average molecular weight is 347 g/mol. The molecular weight excluding hydrogens is 324 g/mol. The molecule has 1 aromatic carbocycles. The van der Waals surface area contributed by atoms with Gasteiger partial charge in [-0.2, -0.15) is 10.5 Å². The Kier molecular flexibility index (Phi) is 5.54. The summed E-state index contributed by atoms with van der Waals surface area (Å²) < 4.78 is 11.4. The van der Waals surface area contributed by atoms with E-state index in [9.17, 15) is 15.3 Å². The minimum absolute atomic E-state index is 0.205. The molecule has 0 atom stereocenters. The molecule has 0 radical (unpaired) electrons. The predicted octanol–water partition coefficient (Wildman–Crippen LogP) is 3.77. The van der Waals surface area contributed by atoms with Crippen LogP contribution in [0, 0.1) is 22.7 Å². The van der Waals surface area contributed by atoms with Gasteiger partial charge in [-0.25, -0.2) is 4.79 Å². The molecule has 1 aromatic rings. The first-order chi connectivity index (χ1) is 10.4. The van der Waals surface area contributed by atoms with Crippen LogP contribution in [0.25, 0.3) is 0 Å². The number of hydrogen-bond acceptors (Lipinski definition) is 5. The number of hydrogen-bond donors (Lipinski definition) is 0. The van der Waals surface area contributed by atoms with Crippen molar-refractivity contribution in [2.75, 3.05) is 0 Å². The van der Waals surface area contributed by atoms with Crippen molar-refractivity contribution in [2.45, 2.75) is 44.9 Å². The van der Waals surface area contributed by atoms with Crippen molar-refractivity contribution in [1.29, 1.82) is 10.5 Å². The summed E-state index contributed by atoms with van der Waals surface area (Å²) >= 11 is 0. The van der Waals surface area contributed by atoms with E-state index in [4.69, 9.17) is 8.85 Å². The Labute approximate surface area is 139 Å². The maximum absolute atomic E-state index is 12.5. The Morgan fingerprint density at radius 2 is 1.52 bits per heavy atom. The topological polar surface area (TPSA) is 83.1 Å². The lowest BCUT2D eigenvalue weighted by atomic mass is 9.92. The van der Waals surface area contributed by atoms with E-state index in [1.54, 1.807) is 24.3 Å². The minimum atomic E-state index is -2.21. The molecule has 122 valence electrons. The van der Waals surface area contributed by atoms with Crippen LogP contribution >= 0.6 is 0 Å². The van der Waals surface area contributed by atoms with Gasteiger partial charge in [0.15, 0.2) is 8.32 Å². The van der Waals surface area contributed by atoms with Crippen LogP contribution in [-0.4, -0.2) is 22.6 Å². The molecule has 0 aliphatic heterocycles. The van der Waals surface area contributed by atoms with Gasteiger partial charge in [0.1, 0.15) is 12.1 Å². The smallest absolute Gasteiger partial charge is 0.325 e. The van der Waals surface area contributed by atoms with Gasteiger partial charge in [-0.05, 0) is 45.3 Å². The van der Waals surface area contributed by atoms with E-state index in [2.05, 4.69) is 0 Å². The van der Waals surface area contributed by atoms with Crippen LogP contribution in [-0.2, 0) is 14.5 Å². The van der Waals surface area contributed by atoms with Gasteiger partial charge < -0.3 is 8.85 Å². The Morgan fingerprint density at radius 3 is 1.96 bits per heavy atom. The number of nitriles is 2. The molecule has 0 N–H and O–H groups in total. The molecule has 0 saturated heterocycles. The number of carbonyl (C=O) groups excluding carboxylic acids is 1. The van der Waals surface area contributed by atoms with Crippen LogP contribution in [0.3, 0.4) is 0 Å². The van der Waals surface area contributed by atoms with Gasteiger partial charge in [0, 0.05) is 5.56 Å². The van der Waals surface area contributed by atoms with Crippen molar-refractivity contribution in [3.63, 3.8) is 0 Å². The zero-order valence-corrected chi connectivity index (χ0v) is 16.4. The van der Waals surface area contributed by atoms with Gasteiger partial charge >= 0.3 is 5.97 Å². The summed E-state index contributed by atoms with van der Waals surface area (Å²) in [6, 6.07) is 10.4. The van der Waals surface area contributed by atoms with E-state index in [0.29, 0.717) is 0 Å². The summed E-state index contributed by atoms with van der Waals surface area (Å²) in [4.78, 5) is 12.5. The third-order valence-corrected chi connectivity index (χ3v) is 4.42. The fourth-order valence-electron chi connectivity index (χ4n) is 2.01. The molecular formula is C16H22N2O3Si2. The van der Waals surface area contributed by atoms with Crippen molar-refractivity contribution >= 4 is 22.6 Å². The average Bonchev–Trinajstić information content (AvgIpc) is 2.42. The zero-order chi connectivity index (χ0) is 17.9. The van der Waals surface area contributed by atoms with Crippen molar-refractivity contribution < 1.29 is 13.6 Å². The van der Waals surface area contributed by atoms with Gasteiger partial charge in [0.2, 0.25) is 8.32 Å². The van der Waals surface area contributed by atoms with Gasteiger partial charge in [-0.3, -0.25) is 0 Å². The first-order valence-corrected chi connectivity index (χ1v) is 14.1. The molecule has 0 aliphatic carbocycles. The van der Waals surface area contributed by atoms with Gasteiger partial charge in [0.25, 0.3) is 5.60 Å². The Morgan fingerprint density at radius 1 is 1.00 bits per heavy atom. The lowest BCUT2D eigenvalue weighted by molar-refractivity contribution is 0.0716. The molecule has 0 spiro atoms. The lowest BCUT2D eigenvalue weighted by Crippen LogP contribution is -2.40. The highest BCUT2D eigenvalue weighted by atomic mass is 28.4. The van der Waals surface area contributed by atoms with Gasteiger partial charge in [-0.1, -0.05) is 18.2 Å². The SMILES string of the molecule is C[Si](C)(C)OC(=O)c1ccccc1C(C#N)(C#N)O[Si](C)(C)C. The van der Waals surface area contributed by atoms with Gasteiger partial charge in [-0.15, -0.1) is 0 Å². The molecule has 0 saturated carbocycles. The van der Waals surface area contributed by atoms with Crippen molar-refractivity contribution in [2.24, 2.45) is 0 Å². The molecule has 0 amide bonds. The first-order valence-electron chi connectivity index (χ1n) is 7.30. The molecule has 0 heterocycles. The van der Waals surface area contributed by atoms with E-state index < -0.39 is 28.2 Å². The number of benzene rings is 1. The van der Waals surface area contributed by atoms with Crippen LogP contribution in [0.2, 0.25) is 39.3 Å². The van der Waals surface area contributed by atoms with Crippen molar-refractivity contribution in [3.05, 3.63) is 35.4 Å². The Balaban J connectivity index is 3.45. The largest absolute Gasteiger partial charge is 0.516 e.